The van der Waals surface area contributed by atoms with Gasteiger partial charge < -0.3 is 20.4 Å². The molecular weight excluding hydrogens is 196 g/mol. The van der Waals surface area contributed by atoms with E-state index in [0.29, 0.717) is 0 Å². The number of carbonyl (C=O) groups is 3. The summed E-state index contributed by atoms with van der Waals surface area (Å²) in [5, 5.41) is 34.5. The summed E-state index contributed by atoms with van der Waals surface area (Å²) >= 11 is 0. The largest absolute Gasteiger partial charge is 0.481 e. The highest BCUT2D eigenvalue weighted by atomic mass is 16.4. The van der Waals surface area contributed by atoms with E-state index in [4.69, 9.17) is 15.3 Å². The zero-order chi connectivity index (χ0) is 11.5. The minimum absolute atomic E-state index is 0.747. The van der Waals surface area contributed by atoms with Crippen molar-refractivity contribution in [2.75, 3.05) is 0 Å². The second kappa shape index (κ2) is 4.05. The van der Waals surface area contributed by atoms with E-state index < -0.39 is 35.8 Å². The third kappa shape index (κ3) is 2.70. The maximum atomic E-state index is 10.5. The number of aliphatic carboxylic acids is 3. The molecule has 0 radical (unpaired) electrons. The molecule has 80 valence electrons. The maximum Gasteiger partial charge on any atom is 0.336 e. The molecule has 0 amide bonds. The van der Waals surface area contributed by atoms with Crippen molar-refractivity contribution in [3.63, 3.8) is 0 Å². The maximum absolute atomic E-state index is 10.5. The summed E-state index contributed by atoms with van der Waals surface area (Å²) in [6, 6.07) is 0. The van der Waals surface area contributed by atoms with E-state index in [1.54, 1.807) is 0 Å². The van der Waals surface area contributed by atoms with Crippen molar-refractivity contribution in [2.45, 2.75) is 18.9 Å². The van der Waals surface area contributed by atoms with Crippen molar-refractivity contribution in [3.8, 4) is 0 Å². The molecule has 0 rings (SSSR count). The van der Waals surface area contributed by atoms with Crippen molar-refractivity contribution in [1.29, 1.82) is 0 Å². The standard InChI is InChI=1S/C7H10O7/c1-7(14,6(12)13)3(5(10)11)2-4(8)9/h3,14H,2H2,1H3,(H,8,9)(H,10,11)(H,12,13)/t3-,7-/m0/s1. The van der Waals surface area contributed by atoms with Gasteiger partial charge in [0.1, 0.15) is 5.92 Å². The van der Waals surface area contributed by atoms with Crippen molar-refractivity contribution in [1.82, 2.24) is 0 Å². The lowest BCUT2D eigenvalue weighted by atomic mass is 9.86. The molecule has 0 aromatic carbocycles. The van der Waals surface area contributed by atoms with Crippen molar-refractivity contribution in [3.05, 3.63) is 0 Å². The molecule has 0 unspecified atom stereocenters. The van der Waals surface area contributed by atoms with Crippen molar-refractivity contribution >= 4 is 17.9 Å². The van der Waals surface area contributed by atoms with E-state index in [0.717, 1.165) is 6.92 Å². The summed E-state index contributed by atoms with van der Waals surface area (Å²) in [4.78, 5) is 31.2. The van der Waals surface area contributed by atoms with Gasteiger partial charge in [-0.25, -0.2) is 4.79 Å². The first kappa shape index (κ1) is 12.4. The smallest absolute Gasteiger partial charge is 0.336 e. The fourth-order valence-electron chi connectivity index (χ4n) is 0.850. The summed E-state index contributed by atoms with van der Waals surface area (Å²) in [7, 11) is 0. The minimum Gasteiger partial charge on any atom is -0.481 e. The number of carboxylic acid groups (broad SMARTS) is 3. The predicted molar refractivity (Wildman–Crippen MR) is 41.6 cm³/mol. The molecule has 2 atom stereocenters. The van der Waals surface area contributed by atoms with Crippen LogP contribution in [0.15, 0.2) is 0 Å². The van der Waals surface area contributed by atoms with E-state index in [9.17, 15) is 19.5 Å². The van der Waals surface area contributed by atoms with Crippen LogP contribution < -0.4 is 0 Å². The van der Waals surface area contributed by atoms with Gasteiger partial charge in [-0.3, -0.25) is 9.59 Å². The SMILES string of the molecule is C[C@@](O)(C(=O)O)[C@@H](CC(=O)O)C(=O)O. The molecule has 7 heteroatoms. The normalized spacial score (nSPS) is 16.7. The van der Waals surface area contributed by atoms with Crippen LogP contribution >= 0.6 is 0 Å². The fourth-order valence-corrected chi connectivity index (χ4v) is 0.850. The third-order valence-corrected chi connectivity index (χ3v) is 1.79. The molecule has 0 aliphatic heterocycles. The molecular formula is C7H10O7. The molecule has 0 aliphatic rings. The quantitative estimate of drug-likeness (QED) is 0.453. The van der Waals surface area contributed by atoms with E-state index in [1.807, 2.05) is 0 Å². The molecule has 0 fully saturated rings. The zero-order valence-corrected chi connectivity index (χ0v) is 7.30. The van der Waals surface area contributed by atoms with Gasteiger partial charge >= 0.3 is 17.9 Å². The summed E-state index contributed by atoms with van der Waals surface area (Å²) in [6.45, 7) is 0.747. The highest BCUT2D eigenvalue weighted by Gasteiger charge is 2.45. The van der Waals surface area contributed by atoms with Crippen LogP contribution in [0, 0.1) is 5.92 Å². The Morgan fingerprint density at radius 2 is 1.64 bits per heavy atom. The van der Waals surface area contributed by atoms with Gasteiger partial charge in [0.05, 0.1) is 6.42 Å². The van der Waals surface area contributed by atoms with Gasteiger partial charge in [-0.15, -0.1) is 0 Å². The Kier molecular flexibility index (Phi) is 3.58. The monoisotopic (exact) mass is 206 g/mol. The number of rotatable bonds is 5. The second-order valence-corrected chi connectivity index (χ2v) is 2.94. The van der Waals surface area contributed by atoms with Crippen molar-refractivity contribution < 1.29 is 34.8 Å². The molecule has 0 spiro atoms. The number of aliphatic hydroxyl groups is 1. The van der Waals surface area contributed by atoms with E-state index in [-0.39, 0.29) is 0 Å². The van der Waals surface area contributed by atoms with Crippen molar-refractivity contribution in [2.24, 2.45) is 5.92 Å². The molecule has 0 heterocycles. The van der Waals surface area contributed by atoms with Gasteiger partial charge in [0.15, 0.2) is 5.60 Å². The first-order valence-electron chi connectivity index (χ1n) is 3.60. The van der Waals surface area contributed by atoms with Crippen LogP contribution in [-0.2, 0) is 14.4 Å². The van der Waals surface area contributed by atoms with Gasteiger partial charge in [-0.2, -0.15) is 0 Å². The van der Waals surface area contributed by atoms with Crippen LogP contribution in [0.2, 0.25) is 0 Å². The molecule has 0 aliphatic carbocycles. The Hall–Kier alpha value is -1.63. The number of carboxylic acids is 3. The first-order valence-corrected chi connectivity index (χ1v) is 3.60. The lowest BCUT2D eigenvalue weighted by molar-refractivity contribution is -0.174. The lowest BCUT2D eigenvalue weighted by Gasteiger charge is -2.23. The average Bonchev–Trinajstić information content (AvgIpc) is 1.98. The molecule has 14 heavy (non-hydrogen) atoms. The molecule has 4 N–H and O–H groups in total. The van der Waals surface area contributed by atoms with E-state index in [2.05, 4.69) is 0 Å². The average molecular weight is 206 g/mol. The Labute approximate surface area is 78.6 Å². The first-order chi connectivity index (χ1) is 6.19. The Morgan fingerprint density at radius 1 is 1.21 bits per heavy atom. The predicted octanol–water partition coefficient (Wildman–Crippen LogP) is -1.00. The number of hydrogen-bond donors (Lipinski definition) is 4. The van der Waals surface area contributed by atoms with Gasteiger partial charge in [-0.1, -0.05) is 0 Å². The topological polar surface area (TPSA) is 132 Å². The van der Waals surface area contributed by atoms with Gasteiger partial charge in [0.25, 0.3) is 0 Å². The van der Waals surface area contributed by atoms with E-state index in [1.165, 1.54) is 0 Å². The Morgan fingerprint density at radius 3 is 1.86 bits per heavy atom. The van der Waals surface area contributed by atoms with Gasteiger partial charge in [-0.05, 0) is 6.92 Å². The Balaban J connectivity index is 4.91. The second-order valence-electron chi connectivity index (χ2n) is 2.94. The lowest BCUT2D eigenvalue weighted by Crippen LogP contribution is -2.47. The van der Waals surface area contributed by atoms with Crippen LogP contribution in [0.1, 0.15) is 13.3 Å². The molecule has 0 bridgehead atoms. The van der Waals surface area contributed by atoms with Gasteiger partial charge in [0, 0.05) is 0 Å². The fraction of sp³-hybridized carbons (Fsp3) is 0.571. The van der Waals surface area contributed by atoms with Crippen LogP contribution in [0.25, 0.3) is 0 Å². The van der Waals surface area contributed by atoms with Crippen LogP contribution in [0.3, 0.4) is 0 Å². The Bertz CT molecular complexity index is 267. The highest BCUT2D eigenvalue weighted by molar-refractivity contribution is 5.87. The third-order valence-electron chi connectivity index (χ3n) is 1.79. The summed E-state index contributed by atoms with van der Waals surface area (Å²) in [5.41, 5.74) is -2.59. The number of hydrogen-bond acceptors (Lipinski definition) is 4. The summed E-state index contributed by atoms with van der Waals surface area (Å²) in [5.74, 6) is -6.80. The van der Waals surface area contributed by atoms with Crippen LogP contribution in [0.4, 0.5) is 0 Å². The molecule has 0 aromatic heterocycles. The van der Waals surface area contributed by atoms with Crippen LogP contribution in [-0.4, -0.2) is 43.9 Å². The molecule has 0 saturated carbocycles. The highest BCUT2D eigenvalue weighted by Crippen LogP contribution is 2.21. The minimum atomic E-state index is -2.59. The molecule has 0 aromatic rings. The summed E-state index contributed by atoms with van der Waals surface area (Å²) < 4.78 is 0. The molecule has 7 nitrogen and oxygen atoms in total. The zero-order valence-electron chi connectivity index (χ0n) is 7.30. The van der Waals surface area contributed by atoms with Gasteiger partial charge in [0.2, 0.25) is 0 Å². The molecule has 0 saturated heterocycles. The van der Waals surface area contributed by atoms with Crippen LogP contribution in [0.5, 0.6) is 0 Å². The summed E-state index contributed by atoms with van der Waals surface area (Å²) in [6.07, 6.45) is -0.950. The van der Waals surface area contributed by atoms with E-state index >= 15 is 0 Å².